The summed E-state index contributed by atoms with van der Waals surface area (Å²) in [4.78, 5) is 22.5. The van der Waals surface area contributed by atoms with E-state index in [0.717, 1.165) is 0 Å². The largest absolute Gasteiger partial charge is 0.463 e. The summed E-state index contributed by atoms with van der Waals surface area (Å²) in [6, 6.07) is -0.342. The van der Waals surface area contributed by atoms with E-state index in [1.807, 2.05) is 6.92 Å². The van der Waals surface area contributed by atoms with E-state index in [-0.39, 0.29) is 23.8 Å². The molecule has 1 rings (SSSR count). The Hall–Kier alpha value is -1.36. The number of nitrogens with one attached hydrogen (secondary N) is 1. The Morgan fingerprint density at radius 1 is 1.59 bits per heavy atom. The fourth-order valence-electron chi connectivity index (χ4n) is 2.03. The van der Waals surface area contributed by atoms with E-state index in [0.29, 0.717) is 18.6 Å². The SMILES string of the molecule is CCOC(=O)C1=C[C@@H](O)[C@H](NC(C)=O)[C@@H](C)C1. The van der Waals surface area contributed by atoms with Crippen LogP contribution in [0, 0.1) is 5.92 Å². The minimum atomic E-state index is -0.845. The Kier molecular flexibility index (Phi) is 4.69. The number of ether oxygens (including phenoxy) is 1. The van der Waals surface area contributed by atoms with Crippen LogP contribution in [0.1, 0.15) is 27.2 Å². The van der Waals surface area contributed by atoms with Crippen LogP contribution in [0.4, 0.5) is 0 Å². The van der Waals surface area contributed by atoms with Crippen molar-refractivity contribution in [3.05, 3.63) is 11.6 Å². The summed E-state index contributed by atoms with van der Waals surface area (Å²) >= 11 is 0. The highest BCUT2D eigenvalue weighted by molar-refractivity contribution is 5.89. The molecule has 0 fully saturated rings. The standard InChI is InChI=1S/C12H19NO4/c1-4-17-12(16)9-5-7(2)11(10(15)6-9)13-8(3)14/h6-7,10-11,15H,4-5H2,1-3H3,(H,13,14)/t7-,10+,11+/m0/s1. The molecule has 0 spiro atoms. The minimum Gasteiger partial charge on any atom is -0.463 e. The molecule has 0 heterocycles. The van der Waals surface area contributed by atoms with Crippen LogP contribution in [0.2, 0.25) is 0 Å². The van der Waals surface area contributed by atoms with Gasteiger partial charge in [-0.3, -0.25) is 4.79 Å². The molecule has 0 bridgehead atoms. The summed E-state index contributed by atoms with van der Waals surface area (Å²) in [5, 5.41) is 12.6. The third kappa shape index (κ3) is 3.56. The van der Waals surface area contributed by atoms with E-state index in [1.54, 1.807) is 6.92 Å². The number of carbonyl (C=O) groups is 2. The lowest BCUT2D eigenvalue weighted by atomic mass is 9.84. The second kappa shape index (κ2) is 5.82. The molecule has 0 aromatic heterocycles. The van der Waals surface area contributed by atoms with Gasteiger partial charge in [-0.15, -0.1) is 0 Å². The molecular formula is C12H19NO4. The van der Waals surface area contributed by atoms with Gasteiger partial charge in [-0.1, -0.05) is 6.92 Å². The Morgan fingerprint density at radius 3 is 2.71 bits per heavy atom. The van der Waals surface area contributed by atoms with Crippen LogP contribution in [0.5, 0.6) is 0 Å². The van der Waals surface area contributed by atoms with Gasteiger partial charge in [-0.25, -0.2) is 4.79 Å². The molecular weight excluding hydrogens is 222 g/mol. The molecule has 0 saturated heterocycles. The molecule has 96 valence electrons. The van der Waals surface area contributed by atoms with Gasteiger partial charge in [0, 0.05) is 12.5 Å². The highest BCUT2D eigenvalue weighted by Gasteiger charge is 2.32. The summed E-state index contributed by atoms with van der Waals surface area (Å²) in [6.45, 7) is 5.34. The minimum absolute atomic E-state index is 0.00157. The van der Waals surface area contributed by atoms with Crippen LogP contribution < -0.4 is 5.32 Å². The summed E-state index contributed by atoms with van der Waals surface area (Å²) in [5.41, 5.74) is 0.480. The predicted octanol–water partition coefficient (Wildman–Crippen LogP) is 0.381. The van der Waals surface area contributed by atoms with Crippen LogP contribution >= 0.6 is 0 Å². The maximum atomic E-state index is 11.5. The first-order valence-electron chi connectivity index (χ1n) is 5.78. The molecule has 1 aliphatic rings. The fourth-order valence-corrected chi connectivity index (χ4v) is 2.03. The number of hydrogen-bond acceptors (Lipinski definition) is 4. The summed E-state index contributed by atoms with van der Waals surface area (Å²) in [7, 11) is 0. The lowest BCUT2D eigenvalue weighted by molar-refractivity contribution is -0.139. The molecule has 1 aliphatic carbocycles. The van der Waals surface area contributed by atoms with Crippen molar-refractivity contribution in [2.24, 2.45) is 5.92 Å². The molecule has 0 radical (unpaired) electrons. The highest BCUT2D eigenvalue weighted by Crippen LogP contribution is 2.25. The summed E-state index contributed by atoms with van der Waals surface area (Å²) in [5.74, 6) is -0.577. The van der Waals surface area contributed by atoms with Crippen LogP contribution in [0.3, 0.4) is 0 Å². The number of aliphatic hydroxyl groups is 1. The van der Waals surface area contributed by atoms with Crippen molar-refractivity contribution in [3.63, 3.8) is 0 Å². The van der Waals surface area contributed by atoms with Gasteiger partial charge in [-0.05, 0) is 25.3 Å². The molecule has 3 atom stereocenters. The van der Waals surface area contributed by atoms with Gasteiger partial charge in [-0.2, -0.15) is 0 Å². The maximum absolute atomic E-state index is 11.5. The fraction of sp³-hybridized carbons (Fsp3) is 0.667. The zero-order valence-corrected chi connectivity index (χ0v) is 10.4. The van der Waals surface area contributed by atoms with E-state index >= 15 is 0 Å². The topological polar surface area (TPSA) is 75.6 Å². The molecule has 17 heavy (non-hydrogen) atoms. The van der Waals surface area contributed by atoms with Crippen molar-refractivity contribution in [3.8, 4) is 0 Å². The van der Waals surface area contributed by atoms with E-state index in [2.05, 4.69) is 5.32 Å². The molecule has 5 nitrogen and oxygen atoms in total. The molecule has 5 heteroatoms. The Bertz CT molecular complexity index is 337. The van der Waals surface area contributed by atoms with Crippen molar-refractivity contribution < 1.29 is 19.4 Å². The lowest BCUT2D eigenvalue weighted by Gasteiger charge is -2.32. The van der Waals surface area contributed by atoms with E-state index in [1.165, 1.54) is 13.0 Å². The second-order valence-corrected chi connectivity index (χ2v) is 4.31. The quantitative estimate of drug-likeness (QED) is 0.700. The Labute approximate surface area is 101 Å². The smallest absolute Gasteiger partial charge is 0.333 e. The molecule has 2 N–H and O–H groups in total. The van der Waals surface area contributed by atoms with Gasteiger partial charge in [0.1, 0.15) is 0 Å². The van der Waals surface area contributed by atoms with Crippen molar-refractivity contribution in [1.82, 2.24) is 5.32 Å². The van der Waals surface area contributed by atoms with Crippen LogP contribution in [0.15, 0.2) is 11.6 Å². The molecule has 0 saturated carbocycles. The first kappa shape index (κ1) is 13.7. The third-order valence-electron chi connectivity index (χ3n) is 2.80. The molecule has 0 aromatic carbocycles. The second-order valence-electron chi connectivity index (χ2n) is 4.31. The van der Waals surface area contributed by atoms with Gasteiger partial charge in [0.25, 0.3) is 0 Å². The monoisotopic (exact) mass is 241 g/mol. The number of aliphatic hydroxyl groups excluding tert-OH is 1. The molecule has 0 aromatic rings. The Morgan fingerprint density at radius 2 is 2.24 bits per heavy atom. The number of rotatable bonds is 3. The van der Waals surface area contributed by atoms with E-state index < -0.39 is 6.10 Å². The molecule has 0 aliphatic heterocycles. The first-order chi connectivity index (χ1) is 7.95. The van der Waals surface area contributed by atoms with E-state index in [9.17, 15) is 14.7 Å². The number of amides is 1. The summed E-state index contributed by atoms with van der Waals surface area (Å²) in [6.07, 6.45) is 1.13. The van der Waals surface area contributed by atoms with Crippen molar-refractivity contribution >= 4 is 11.9 Å². The van der Waals surface area contributed by atoms with E-state index in [4.69, 9.17) is 4.74 Å². The van der Waals surface area contributed by atoms with Crippen molar-refractivity contribution in [2.75, 3.05) is 6.61 Å². The first-order valence-corrected chi connectivity index (χ1v) is 5.78. The number of carbonyl (C=O) groups excluding carboxylic acids is 2. The average molecular weight is 241 g/mol. The summed E-state index contributed by atoms with van der Waals surface area (Å²) < 4.78 is 4.89. The van der Waals surface area contributed by atoms with Gasteiger partial charge in [0.05, 0.1) is 18.8 Å². The van der Waals surface area contributed by atoms with Gasteiger partial charge in [0.2, 0.25) is 5.91 Å². The van der Waals surface area contributed by atoms with Crippen molar-refractivity contribution in [2.45, 2.75) is 39.3 Å². The zero-order chi connectivity index (χ0) is 13.0. The lowest BCUT2D eigenvalue weighted by Crippen LogP contribution is -2.48. The van der Waals surface area contributed by atoms with Crippen LogP contribution in [-0.2, 0) is 14.3 Å². The third-order valence-corrected chi connectivity index (χ3v) is 2.80. The number of hydrogen-bond donors (Lipinski definition) is 2. The molecule has 0 unspecified atom stereocenters. The van der Waals surface area contributed by atoms with Crippen LogP contribution in [0.25, 0.3) is 0 Å². The highest BCUT2D eigenvalue weighted by atomic mass is 16.5. The predicted molar refractivity (Wildman–Crippen MR) is 62.1 cm³/mol. The Balaban J connectivity index is 2.75. The van der Waals surface area contributed by atoms with Gasteiger partial charge in [0.15, 0.2) is 0 Å². The zero-order valence-electron chi connectivity index (χ0n) is 10.4. The maximum Gasteiger partial charge on any atom is 0.333 e. The number of esters is 1. The van der Waals surface area contributed by atoms with Gasteiger partial charge < -0.3 is 15.2 Å². The average Bonchev–Trinajstić information content (AvgIpc) is 2.23. The normalized spacial score (nSPS) is 28.2. The van der Waals surface area contributed by atoms with Crippen molar-refractivity contribution in [1.29, 1.82) is 0 Å². The van der Waals surface area contributed by atoms with Gasteiger partial charge >= 0.3 is 5.97 Å². The molecule has 1 amide bonds. The van der Waals surface area contributed by atoms with Crippen LogP contribution in [-0.4, -0.2) is 35.7 Å².